The van der Waals surface area contributed by atoms with Gasteiger partial charge in [-0.1, -0.05) is 0 Å². The predicted octanol–water partition coefficient (Wildman–Crippen LogP) is 0.917. The Morgan fingerprint density at radius 1 is 1.62 bits per heavy atom. The second-order valence-electron chi connectivity index (χ2n) is 4.38. The molecule has 1 saturated heterocycles. The van der Waals surface area contributed by atoms with E-state index < -0.39 is 0 Å². The summed E-state index contributed by atoms with van der Waals surface area (Å²) in [6.45, 7) is 1.69. The van der Waals surface area contributed by atoms with Crippen LogP contribution in [0.25, 0.3) is 0 Å². The van der Waals surface area contributed by atoms with Gasteiger partial charge < -0.3 is 9.84 Å². The monoisotopic (exact) mass is 222 g/mol. The van der Waals surface area contributed by atoms with E-state index in [0.717, 1.165) is 25.1 Å². The van der Waals surface area contributed by atoms with Gasteiger partial charge in [-0.05, 0) is 38.6 Å². The van der Waals surface area contributed by atoms with E-state index >= 15 is 0 Å². The number of likely N-dealkylation sites (N-methyl/N-ethyl adjacent to an activating group) is 1. The highest BCUT2D eigenvalue weighted by molar-refractivity contribution is 5.16. The van der Waals surface area contributed by atoms with Crippen LogP contribution in [0.2, 0.25) is 0 Å². The molecule has 16 heavy (non-hydrogen) atoms. The Hall–Kier alpha value is -1.13. The molecule has 0 bridgehead atoms. The third-order valence-corrected chi connectivity index (χ3v) is 3.38. The molecule has 1 N–H and O–H groups in total. The zero-order valence-electron chi connectivity index (χ0n) is 9.59. The van der Waals surface area contributed by atoms with Crippen molar-refractivity contribution in [2.75, 3.05) is 26.8 Å². The first-order valence-electron chi connectivity index (χ1n) is 5.62. The molecule has 1 atom stereocenters. The second-order valence-corrected chi connectivity index (χ2v) is 4.38. The van der Waals surface area contributed by atoms with E-state index in [1.165, 1.54) is 0 Å². The van der Waals surface area contributed by atoms with E-state index in [0.29, 0.717) is 6.61 Å². The van der Waals surface area contributed by atoms with Gasteiger partial charge in [0, 0.05) is 6.20 Å². The van der Waals surface area contributed by atoms with Gasteiger partial charge in [-0.2, -0.15) is 0 Å². The van der Waals surface area contributed by atoms with Gasteiger partial charge in [0.25, 0.3) is 0 Å². The van der Waals surface area contributed by atoms with Crippen molar-refractivity contribution in [3.63, 3.8) is 0 Å². The summed E-state index contributed by atoms with van der Waals surface area (Å²) < 4.78 is 5.69. The van der Waals surface area contributed by atoms with Crippen molar-refractivity contribution in [2.45, 2.75) is 18.4 Å². The first kappa shape index (κ1) is 11.4. The number of hydrogen-bond donors (Lipinski definition) is 1. The number of nitrogens with zero attached hydrogens (tertiary/aromatic N) is 2. The number of rotatable bonds is 4. The van der Waals surface area contributed by atoms with Gasteiger partial charge in [0.15, 0.2) is 0 Å². The molecule has 0 aliphatic carbocycles. The molecular weight excluding hydrogens is 204 g/mol. The van der Waals surface area contributed by atoms with Crippen LogP contribution in [0.3, 0.4) is 0 Å². The van der Waals surface area contributed by atoms with Crippen LogP contribution in [0, 0.1) is 0 Å². The minimum Gasteiger partial charge on any atom is -0.490 e. The average Bonchev–Trinajstić information content (AvgIpc) is 2.70. The van der Waals surface area contributed by atoms with Crippen molar-refractivity contribution in [3.8, 4) is 5.75 Å². The van der Waals surface area contributed by atoms with Gasteiger partial charge in [-0.15, -0.1) is 0 Å². The summed E-state index contributed by atoms with van der Waals surface area (Å²) in [6.07, 6.45) is 5.52. The Morgan fingerprint density at radius 3 is 3.06 bits per heavy atom. The van der Waals surface area contributed by atoms with Crippen molar-refractivity contribution in [1.82, 2.24) is 9.88 Å². The maximum atomic E-state index is 9.53. The molecular formula is C12H18N2O2. The summed E-state index contributed by atoms with van der Waals surface area (Å²) in [5.41, 5.74) is -0.212. The molecule has 2 heterocycles. The summed E-state index contributed by atoms with van der Waals surface area (Å²) in [7, 11) is 2.04. The fourth-order valence-electron chi connectivity index (χ4n) is 2.15. The van der Waals surface area contributed by atoms with Crippen LogP contribution in [0.1, 0.15) is 12.8 Å². The Morgan fingerprint density at radius 2 is 2.50 bits per heavy atom. The van der Waals surface area contributed by atoms with Crippen LogP contribution in [-0.2, 0) is 0 Å². The lowest BCUT2D eigenvalue weighted by molar-refractivity contribution is 0.0392. The molecule has 0 aromatic carbocycles. The maximum absolute atomic E-state index is 9.53. The third kappa shape index (κ3) is 2.18. The molecule has 1 fully saturated rings. The smallest absolute Gasteiger partial charge is 0.137 e. The SMILES string of the molecule is CN1CCC[C@]1(CO)COc1cccnc1. The minimum absolute atomic E-state index is 0.143. The van der Waals surface area contributed by atoms with Gasteiger partial charge in [0.05, 0.1) is 18.3 Å². The van der Waals surface area contributed by atoms with Gasteiger partial charge in [0.1, 0.15) is 12.4 Å². The first-order chi connectivity index (χ1) is 7.77. The zero-order chi connectivity index (χ0) is 11.4. The topological polar surface area (TPSA) is 45.6 Å². The normalized spacial score (nSPS) is 25.9. The molecule has 4 heteroatoms. The van der Waals surface area contributed by atoms with Crippen LogP contribution in [0.15, 0.2) is 24.5 Å². The molecule has 0 radical (unpaired) electrons. The quantitative estimate of drug-likeness (QED) is 0.822. The zero-order valence-corrected chi connectivity index (χ0v) is 9.59. The lowest BCUT2D eigenvalue weighted by atomic mass is 9.99. The molecule has 1 aromatic rings. The standard InChI is InChI=1S/C12H18N2O2/c1-14-7-3-5-12(14,9-15)10-16-11-4-2-6-13-8-11/h2,4,6,8,15H,3,5,7,9-10H2,1H3/t12-/m0/s1. The fraction of sp³-hybridized carbons (Fsp3) is 0.583. The van der Waals surface area contributed by atoms with Crippen molar-refractivity contribution < 1.29 is 9.84 Å². The highest BCUT2D eigenvalue weighted by atomic mass is 16.5. The Labute approximate surface area is 95.9 Å². The van der Waals surface area contributed by atoms with Gasteiger partial charge in [-0.3, -0.25) is 9.88 Å². The highest BCUT2D eigenvalue weighted by Crippen LogP contribution is 2.28. The number of aromatic nitrogens is 1. The molecule has 4 nitrogen and oxygen atoms in total. The molecule has 1 aliphatic heterocycles. The Balaban J connectivity index is 1.98. The van der Waals surface area contributed by atoms with Gasteiger partial charge in [-0.25, -0.2) is 0 Å². The van der Waals surface area contributed by atoms with E-state index in [1.54, 1.807) is 12.4 Å². The fourth-order valence-corrected chi connectivity index (χ4v) is 2.15. The van der Waals surface area contributed by atoms with Gasteiger partial charge in [0.2, 0.25) is 0 Å². The van der Waals surface area contributed by atoms with E-state index in [4.69, 9.17) is 4.74 Å². The van der Waals surface area contributed by atoms with Gasteiger partial charge >= 0.3 is 0 Å². The minimum atomic E-state index is -0.212. The Bertz CT molecular complexity index is 331. The summed E-state index contributed by atoms with van der Waals surface area (Å²) in [5, 5.41) is 9.53. The molecule has 0 unspecified atom stereocenters. The van der Waals surface area contributed by atoms with Crippen molar-refractivity contribution in [3.05, 3.63) is 24.5 Å². The number of aliphatic hydroxyl groups excluding tert-OH is 1. The summed E-state index contributed by atoms with van der Waals surface area (Å²) in [4.78, 5) is 6.18. The molecule has 1 aromatic heterocycles. The van der Waals surface area contributed by atoms with Crippen LogP contribution < -0.4 is 4.74 Å². The summed E-state index contributed by atoms with van der Waals surface area (Å²) in [5.74, 6) is 0.760. The lowest BCUT2D eigenvalue weighted by Crippen LogP contribution is -2.49. The number of hydrogen-bond acceptors (Lipinski definition) is 4. The third-order valence-electron chi connectivity index (χ3n) is 3.38. The molecule has 2 rings (SSSR count). The molecule has 1 aliphatic rings. The van der Waals surface area contributed by atoms with E-state index in [9.17, 15) is 5.11 Å². The molecule has 0 saturated carbocycles. The maximum Gasteiger partial charge on any atom is 0.137 e. The lowest BCUT2D eigenvalue weighted by Gasteiger charge is -2.33. The number of pyridine rings is 1. The van der Waals surface area contributed by atoms with Crippen LogP contribution in [-0.4, -0.2) is 47.3 Å². The van der Waals surface area contributed by atoms with Crippen LogP contribution in [0.5, 0.6) is 5.75 Å². The molecule has 0 amide bonds. The van der Waals surface area contributed by atoms with E-state index in [2.05, 4.69) is 9.88 Å². The highest BCUT2D eigenvalue weighted by Gasteiger charge is 2.38. The number of ether oxygens (including phenoxy) is 1. The van der Waals surface area contributed by atoms with E-state index in [1.807, 2.05) is 19.2 Å². The Kier molecular flexibility index (Phi) is 3.41. The van der Waals surface area contributed by atoms with Crippen molar-refractivity contribution in [2.24, 2.45) is 0 Å². The number of likely N-dealkylation sites (tertiary alicyclic amines) is 1. The predicted molar refractivity (Wildman–Crippen MR) is 61.4 cm³/mol. The number of aliphatic hydroxyl groups is 1. The largest absolute Gasteiger partial charge is 0.490 e. The first-order valence-corrected chi connectivity index (χ1v) is 5.62. The molecule has 88 valence electrons. The average molecular weight is 222 g/mol. The van der Waals surface area contributed by atoms with E-state index in [-0.39, 0.29) is 12.1 Å². The van der Waals surface area contributed by atoms with Crippen LogP contribution in [0.4, 0.5) is 0 Å². The summed E-state index contributed by atoms with van der Waals surface area (Å²) >= 11 is 0. The molecule has 0 spiro atoms. The summed E-state index contributed by atoms with van der Waals surface area (Å²) in [6, 6.07) is 3.73. The van der Waals surface area contributed by atoms with Crippen LogP contribution >= 0.6 is 0 Å². The van der Waals surface area contributed by atoms with Crippen molar-refractivity contribution in [1.29, 1.82) is 0 Å². The van der Waals surface area contributed by atoms with Crippen molar-refractivity contribution >= 4 is 0 Å². The second kappa shape index (κ2) is 4.80.